The molecule has 0 aromatic heterocycles. The Morgan fingerprint density at radius 3 is 2.60 bits per heavy atom. The highest BCUT2D eigenvalue weighted by molar-refractivity contribution is 4.91. The monoisotopic (exact) mass is 139 g/mol. The average molecular weight is 139 g/mol. The van der Waals surface area contributed by atoms with Gasteiger partial charge in [0.2, 0.25) is 0 Å². The van der Waals surface area contributed by atoms with Crippen molar-refractivity contribution in [1.82, 2.24) is 4.90 Å². The summed E-state index contributed by atoms with van der Waals surface area (Å²) < 4.78 is 0. The van der Waals surface area contributed by atoms with Crippen LogP contribution < -0.4 is 0 Å². The van der Waals surface area contributed by atoms with Gasteiger partial charge >= 0.3 is 0 Å². The molecule has 0 spiro atoms. The first-order valence-corrected chi connectivity index (χ1v) is 4.49. The Balaban J connectivity index is 2.04. The van der Waals surface area contributed by atoms with Crippen LogP contribution in [0.3, 0.4) is 0 Å². The molecule has 0 aromatic carbocycles. The molecule has 2 saturated heterocycles. The number of hydrogen-bond acceptors (Lipinski definition) is 1. The highest BCUT2D eigenvalue weighted by Crippen LogP contribution is 2.39. The Labute approximate surface area is 63.4 Å². The van der Waals surface area contributed by atoms with Crippen LogP contribution in [0.2, 0.25) is 0 Å². The number of rotatable bonds is 0. The van der Waals surface area contributed by atoms with Gasteiger partial charge in [0.15, 0.2) is 0 Å². The molecular weight excluding hydrogens is 122 g/mol. The normalized spacial score (nSPS) is 48.0. The molecule has 2 heterocycles. The van der Waals surface area contributed by atoms with Crippen LogP contribution in [0.15, 0.2) is 0 Å². The molecule has 10 heavy (non-hydrogen) atoms. The second-order valence-corrected chi connectivity index (χ2v) is 4.08. The lowest BCUT2D eigenvalue weighted by atomic mass is 9.79. The van der Waals surface area contributed by atoms with Crippen LogP contribution in [0.5, 0.6) is 0 Å². The Hall–Kier alpha value is -0.0400. The summed E-state index contributed by atoms with van der Waals surface area (Å²) in [5.74, 6) is 1.09. The first-order chi connectivity index (χ1) is 4.77. The van der Waals surface area contributed by atoms with Crippen LogP contribution in [-0.2, 0) is 0 Å². The maximum Gasteiger partial charge on any atom is 0.0100 e. The molecule has 2 bridgehead atoms. The van der Waals surface area contributed by atoms with Crippen molar-refractivity contribution in [2.45, 2.75) is 44.7 Å². The zero-order valence-corrected chi connectivity index (χ0v) is 7.01. The fraction of sp³-hybridized carbons (Fsp3) is 1.00. The molecule has 0 radical (unpaired) electrons. The zero-order valence-electron chi connectivity index (χ0n) is 7.01. The maximum atomic E-state index is 2.57. The Kier molecular flexibility index (Phi) is 1.48. The van der Waals surface area contributed by atoms with Crippen LogP contribution in [0, 0.1) is 5.92 Å². The zero-order chi connectivity index (χ0) is 7.14. The summed E-state index contributed by atoms with van der Waals surface area (Å²) in [6.45, 7) is 2.36. The van der Waals surface area contributed by atoms with Crippen molar-refractivity contribution < 1.29 is 0 Å². The largest absolute Gasteiger partial charge is 0.301 e. The number of fused-ring (bicyclic) bond motifs is 3. The van der Waals surface area contributed by atoms with Crippen LogP contribution >= 0.6 is 0 Å². The molecule has 0 amide bonds. The highest BCUT2D eigenvalue weighted by Gasteiger charge is 2.36. The Bertz CT molecular complexity index is 122. The van der Waals surface area contributed by atoms with E-state index in [4.69, 9.17) is 0 Å². The molecule has 2 aliphatic heterocycles. The molecule has 1 unspecified atom stereocenters. The molecule has 3 rings (SSSR count). The predicted molar refractivity (Wildman–Crippen MR) is 43.0 cm³/mol. The first-order valence-electron chi connectivity index (χ1n) is 4.49. The third-order valence-corrected chi connectivity index (χ3v) is 3.47. The molecule has 1 heteroatoms. The Morgan fingerprint density at radius 2 is 1.90 bits per heavy atom. The quantitative estimate of drug-likeness (QED) is 0.495. The molecule has 0 N–H and O–H groups in total. The van der Waals surface area contributed by atoms with Crippen molar-refractivity contribution in [3.63, 3.8) is 0 Å². The van der Waals surface area contributed by atoms with Gasteiger partial charge in [-0.1, -0.05) is 0 Å². The molecule has 58 valence electrons. The summed E-state index contributed by atoms with van der Waals surface area (Å²) in [6.07, 6.45) is 5.89. The van der Waals surface area contributed by atoms with E-state index in [9.17, 15) is 0 Å². The summed E-state index contributed by atoms with van der Waals surface area (Å²) in [4.78, 5) is 2.57. The van der Waals surface area contributed by atoms with Crippen molar-refractivity contribution in [2.24, 2.45) is 5.92 Å². The molecule has 0 aromatic rings. The molecule has 3 aliphatic rings. The van der Waals surface area contributed by atoms with Gasteiger partial charge in [-0.3, -0.25) is 0 Å². The van der Waals surface area contributed by atoms with Crippen molar-refractivity contribution in [3.8, 4) is 0 Å². The SMILES string of the molecule is CC1CCC2CC(C2)N1C. The van der Waals surface area contributed by atoms with Crippen molar-refractivity contribution in [3.05, 3.63) is 0 Å². The smallest absolute Gasteiger partial charge is 0.0100 e. The highest BCUT2D eigenvalue weighted by atomic mass is 15.2. The molecular formula is C9H17N. The van der Waals surface area contributed by atoms with Crippen molar-refractivity contribution >= 4 is 0 Å². The summed E-state index contributed by atoms with van der Waals surface area (Å²) in [6, 6.07) is 1.79. The van der Waals surface area contributed by atoms with Gasteiger partial charge in [0.1, 0.15) is 0 Å². The molecule has 1 atom stereocenters. The second kappa shape index (κ2) is 2.23. The third kappa shape index (κ3) is 0.878. The lowest BCUT2D eigenvalue weighted by molar-refractivity contribution is 0.109. The van der Waals surface area contributed by atoms with Gasteiger partial charge in [-0.2, -0.15) is 0 Å². The van der Waals surface area contributed by atoms with E-state index in [2.05, 4.69) is 18.9 Å². The second-order valence-electron chi connectivity index (χ2n) is 4.08. The maximum absolute atomic E-state index is 2.57. The molecule has 3 fully saturated rings. The van der Waals surface area contributed by atoms with Gasteiger partial charge in [-0.25, -0.2) is 0 Å². The fourth-order valence-corrected chi connectivity index (χ4v) is 2.31. The summed E-state index contributed by atoms with van der Waals surface area (Å²) in [5, 5.41) is 0. The van der Waals surface area contributed by atoms with Crippen LogP contribution in [-0.4, -0.2) is 24.0 Å². The third-order valence-electron chi connectivity index (χ3n) is 3.47. The lowest BCUT2D eigenvalue weighted by Crippen LogP contribution is -2.42. The standard InChI is InChI=1S/C9H17N/c1-7-3-4-8-5-9(6-8)10(7)2/h7-9H,3-6H2,1-2H3. The minimum Gasteiger partial charge on any atom is -0.301 e. The van der Waals surface area contributed by atoms with E-state index >= 15 is 0 Å². The van der Waals surface area contributed by atoms with Crippen LogP contribution in [0.1, 0.15) is 32.6 Å². The fourth-order valence-electron chi connectivity index (χ4n) is 2.31. The van der Waals surface area contributed by atoms with E-state index in [0.717, 1.165) is 18.0 Å². The minimum absolute atomic E-state index is 0.845. The van der Waals surface area contributed by atoms with Crippen molar-refractivity contribution in [2.75, 3.05) is 7.05 Å². The van der Waals surface area contributed by atoms with E-state index in [1.807, 2.05) is 0 Å². The van der Waals surface area contributed by atoms with Gasteiger partial charge in [-0.05, 0) is 45.6 Å². The summed E-state index contributed by atoms with van der Waals surface area (Å²) in [5.41, 5.74) is 0. The van der Waals surface area contributed by atoms with Crippen LogP contribution in [0.25, 0.3) is 0 Å². The molecule has 1 nitrogen and oxygen atoms in total. The minimum atomic E-state index is 0.845. The molecule has 1 aliphatic carbocycles. The van der Waals surface area contributed by atoms with E-state index in [1.165, 1.54) is 25.7 Å². The molecule has 1 saturated carbocycles. The Morgan fingerprint density at radius 1 is 1.20 bits per heavy atom. The summed E-state index contributed by atoms with van der Waals surface area (Å²) >= 11 is 0. The van der Waals surface area contributed by atoms with Gasteiger partial charge in [0.25, 0.3) is 0 Å². The summed E-state index contributed by atoms with van der Waals surface area (Å²) in [7, 11) is 2.29. The van der Waals surface area contributed by atoms with E-state index in [1.54, 1.807) is 0 Å². The van der Waals surface area contributed by atoms with Gasteiger partial charge < -0.3 is 4.90 Å². The van der Waals surface area contributed by atoms with Gasteiger partial charge in [-0.15, -0.1) is 0 Å². The van der Waals surface area contributed by atoms with E-state index in [0.29, 0.717) is 0 Å². The number of hydrogen-bond donors (Lipinski definition) is 0. The lowest BCUT2D eigenvalue weighted by Gasteiger charge is -2.39. The number of nitrogens with zero attached hydrogens (tertiary/aromatic N) is 1. The van der Waals surface area contributed by atoms with Gasteiger partial charge in [0, 0.05) is 12.1 Å². The van der Waals surface area contributed by atoms with Crippen molar-refractivity contribution in [1.29, 1.82) is 0 Å². The van der Waals surface area contributed by atoms with E-state index < -0.39 is 0 Å². The predicted octanol–water partition coefficient (Wildman–Crippen LogP) is 1.88. The topological polar surface area (TPSA) is 3.24 Å². The van der Waals surface area contributed by atoms with E-state index in [-0.39, 0.29) is 0 Å². The first kappa shape index (κ1) is 6.66. The van der Waals surface area contributed by atoms with Gasteiger partial charge in [0.05, 0.1) is 0 Å². The average Bonchev–Trinajstić information content (AvgIpc) is 1.98. The van der Waals surface area contributed by atoms with Crippen LogP contribution in [0.4, 0.5) is 0 Å².